The molecule has 0 aliphatic carbocycles. The van der Waals surface area contributed by atoms with Crippen LogP contribution in [0.15, 0.2) is 51.8 Å². The fourth-order valence-electron chi connectivity index (χ4n) is 2.43. The monoisotopic (exact) mass is 333 g/mol. The topological polar surface area (TPSA) is 12.0 Å². The summed E-state index contributed by atoms with van der Waals surface area (Å²) >= 11 is 5.55. The van der Waals surface area contributed by atoms with Crippen LogP contribution < -0.4 is 5.32 Å². The van der Waals surface area contributed by atoms with Gasteiger partial charge in [0, 0.05) is 33.3 Å². The summed E-state index contributed by atoms with van der Waals surface area (Å²) < 4.78 is 1.17. The Balaban J connectivity index is 1.73. The van der Waals surface area contributed by atoms with Crippen LogP contribution in [0.2, 0.25) is 0 Å². The number of benzene rings is 2. The molecule has 2 aromatic rings. The van der Waals surface area contributed by atoms with Gasteiger partial charge in [-0.05, 0) is 36.2 Å². The molecular weight excluding hydrogens is 318 g/mol. The molecule has 0 fully saturated rings. The zero-order chi connectivity index (χ0) is 13.2. The van der Waals surface area contributed by atoms with E-state index in [2.05, 4.69) is 70.6 Å². The molecular formula is C16H16BrNS. The van der Waals surface area contributed by atoms with E-state index in [1.165, 1.54) is 31.9 Å². The number of fused-ring (bicyclic) bond motifs is 1. The number of rotatable bonds is 3. The number of anilines is 1. The second-order valence-corrected chi connectivity index (χ2v) is 6.76. The normalized spacial score (nSPS) is 17.3. The van der Waals surface area contributed by atoms with Crippen LogP contribution in [0.3, 0.4) is 0 Å². The van der Waals surface area contributed by atoms with Gasteiger partial charge < -0.3 is 5.32 Å². The molecule has 0 saturated heterocycles. The van der Waals surface area contributed by atoms with Crippen LogP contribution in [0.4, 0.5) is 5.69 Å². The minimum Gasteiger partial charge on any atom is -0.384 e. The lowest BCUT2D eigenvalue weighted by atomic mass is 10.0. The number of nitrogens with one attached hydrogen (secondary N) is 1. The van der Waals surface area contributed by atoms with Crippen molar-refractivity contribution in [1.82, 2.24) is 0 Å². The van der Waals surface area contributed by atoms with Crippen LogP contribution in [0.1, 0.15) is 17.0 Å². The van der Waals surface area contributed by atoms with Crippen LogP contribution >= 0.6 is 27.7 Å². The minimum atomic E-state index is 0.611. The molecule has 1 atom stereocenters. The molecule has 0 aromatic heterocycles. The van der Waals surface area contributed by atoms with Gasteiger partial charge >= 0.3 is 0 Å². The maximum absolute atomic E-state index is 3.59. The summed E-state index contributed by atoms with van der Waals surface area (Å²) in [5, 5.41) is 3.59. The van der Waals surface area contributed by atoms with E-state index in [-0.39, 0.29) is 0 Å². The first-order valence-electron chi connectivity index (χ1n) is 6.46. The lowest BCUT2D eigenvalue weighted by Gasteiger charge is -2.15. The Labute approximate surface area is 126 Å². The van der Waals surface area contributed by atoms with E-state index in [9.17, 15) is 0 Å². The smallest absolute Gasteiger partial charge is 0.0381 e. The summed E-state index contributed by atoms with van der Waals surface area (Å²) in [4.78, 5) is 1.44. The third-order valence-corrected chi connectivity index (χ3v) is 5.72. The largest absolute Gasteiger partial charge is 0.384 e. The van der Waals surface area contributed by atoms with Gasteiger partial charge in [0.25, 0.3) is 0 Å². The van der Waals surface area contributed by atoms with Crippen LogP contribution in [0.25, 0.3) is 0 Å². The maximum atomic E-state index is 3.59. The molecule has 98 valence electrons. The molecule has 3 heteroatoms. The van der Waals surface area contributed by atoms with Crippen LogP contribution in [0, 0.1) is 6.92 Å². The van der Waals surface area contributed by atoms with E-state index in [1.54, 1.807) is 0 Å². The molecule has 1 unspecified atom stereocenters. The maximum Gasteiger partial charge on any atom is 0.0381 e. The van der Waals surface area contributed by atoms with E-state index in [0.29, 0.717) is 5.92 Å². The molecule has 2 aromatic carbocycles. The molecule has 0 bridgehead atoms. The molecule has 0 amide bonds. The molecule has 1 N–H and O–H groups in total. The van der Waals surface area contributed by atoms with Crippen molar-refractivity contribution in [2.45, 2.75) is 17.7 Å². The first-order chi connectivity index (χ1) is 9.25. The number of hydrogen-bond donors (Lipinski definition) is 1. The van der Waals surface area contributed by atoms with Crippen molar-refractivity contribution in [3.05, 3.63) is 58.1 Å². The molecule has 0 spiro atoms. The fourth-order valence-corrected chi connectivity index (χ4v) is 4.05. The summed E-state index contributed by atoms with van der Waals surface area (Å²) in [6.45, 7) is 3.14. The van der Waals surface area contributed by atoms with Gasteiger partial charge in [0.1, 0.15) is 0 Å². The van der Waals surface area contributed by atoms with Gasteiger partial charge in [0.05, 0.1) is 0 Å². The number of hydrogen-bond acceptors (Lipinski definition) is 2. The number of halogens is 1. The van der Waals surface area contributed by atoms with Crippen molar-refractivity contribution >= 4 is 33.4 Å². The molecule has 1 aliphatic rings. The highest BCUT2D eigenvalue weighted by molar-refractivity contribution is 9.10. The standard InChI is InChI=1S/C16H16BrNS/c1-11-14(17)6-4-7-15(11)18-9-12-10-19-16-8-3-2-5-13(12)16/h2-8,12,18H,9-10H2,1H3. The average molecular weight is 334 g/mol. The van der Waals surface area contributed by atoms with E-state index < -0.39 is 0 Å². The van der Waals surface area contributed by atoms with Gasteiger partial charge in [-0.15, -0.1) is 11.8 Å². The first-order valence-corrected chi connectivity index (χ1v) is 8.24. The predicted molar refractivity (Wildman–Crippen MR) is 87.3 cm³/mol. The van der Waals surface area contributed by atoms with Gasteiger partial charge in [-0.1, -0.05) is 40.2 Å². The SMILES string of the molecule is Cc1c(Br)cccc1NCC1CSc2ccccc21. The van der Waals surface area contributed by atoms with E-state index in [0.717, 1.165) is 6.54 Å². The van der Waals surface area contributed by atoms with Crippen molar-refractivity contribution in [3.63, 3.8) is 0 Å². The molecule has 19 heavy (non-hydrogen) atoms. The Hall–Kier alpha value is -0.930. The van der Waals surface area contributed by atoms with E-state index in [4.69, 9.17) is 0 Å². The summed E-state index contributed by atoms with van der Waals surface area (Å²) in [7, 11) is 0. The zero-order valence-corrected chi connectivity index (χ0v) is 13.2. The van der Waals surface area contributed by atoms with Crippen molar-refractivity contribution in [1.29, 1.82) is 0 Å². The van der Waals surface area contributed by atoms with Gasteiger partial charge in [-0.25, -0.2) is 0 Å². The third-order valence-electron chi connectivity index (χ3n) is 3.61. The zero-order valence-electron chi connectivity index (χ0n) is 10.8. The summed E-state index contributed by atoms with van der Waals surface area (Å²) in [5.41, 5.74) is 4.00. The molecule has 1 heterocycles. The van der Waals surface area contributed by atoms with Gasteiger partial charge in [0.2, 0.25) is 0 Å². The summed E-state index contributed by atoms with van der Waals surface area (Å²) in [6.07, 6.45) is 0. The van der Waals surface area contributed by atoms with Crippen molar-refractivity contribution in [2.75, 3.05) is 17.6 Å². The van der Waals surface area contributed by atoms with Gasteiger partial charge in [0.15, 0.2) is 0 Å². The van der Waals surface area contributed by atoms with E-state index in [1.807, 2.05) is 11.8 Å². The molecule has 1 nitrogen and oxygen atoms in total. The lowest BCUT2D eigenvalue weighted by molar-refractivity contribution is 0.818. The quantitative estimate of drug-likeness (QED) is 0.842. The van der Waals surface area contributed by atoms with Crippen LogP contribution in [-0.2, 0) is 0 Å². The number of thioether (sulfide) groups is 1. The highest BCUT2D eigenvalue weighted by Gasteiger charge is 2.22. The fraction of sp³-hybridized carbons (Fsp3) is 0.250. The Kier molecular flexibility index (Phi) is 3.85. The van der Waals surface area contributed by atoms with Crippen molar-refractivity contribution in [3.8, 4) is 0 Å². The Morgan fingerprint density at radius 3 is 2.95 bits per heavy atom. The molecule has 0 radical (unpaired) electrons. The molecule has 1 aliphatic heterocycles. The Morgan fingerprint density at radius 1 is 1.21 bits per heavy atom. The summed E-state index contributed by atoms with van der Waals surface area (Å²) in [5.74, 6) is 1.79. The Bertz CT molecular complexity index is 597. The molecule has 3 rings (SSSR count). The average Bonchev–Trinajstić information content (AvgIpc) is 2.84. The minimum absolute atomic E-state index is 0.611. The first kappa shape index (κ1) is 13.1. The van der Waals surface area contributed by atoms with E-state index >= 15 is 0 Å². The highest BCUT2D eigenvalue weighted by Crippen LogP contribution is 2.39. The Morgan fingerprint density at radius 2 is 2.05 bits per heavy atom. The van der Waals surface area contributed by atoms with Gasteiger partial charge in [-0.2, -0.15) is 0 Å². The van der Waals surface area contributed by atoms with Crippen molar-refractivity contribution < 1.29 is 0 Å². The lowest BCUT2D eigenvalue weighted by Crippen LogP contribution is -2.13. The van der Waals surface area contributed by atoms with Crippen LogP contribution in [-0.4, -0.2) is 12.3 Å². The van der Waals surface area contributed by atoms with Crippen molar-refractivity contribution in [2.24, 2.45) is 0 Å². The summed E-state index contributed by atoms with van der Waals surface area (Å²) in [6, 6.07) is 15.1. The second-order valence-electron chi connectivity index (χ2n) is 4.84. The highest BCUT2D eigenvalue weighted by atomic mass is 79.9. The predicted octanol–water partition coefficient (Wildman–Crippen LogP) is 5.06. The van der Waals surface area contributed by atoms with Crippen LogP contribution in [0.5, 0.6) is 0 Å². The molecule has 0 saturated carbocycles. The second kappa shape index (κ2) is 5.59. The third kappa shape index (κ3) is 2.67. The van der Waals surface area contributed by atoms with Gasteiger partial charge in [-0.3, -0.25) is 0 Å².